The van der Waals surface area contributed by atoms with Gasteiger partial charge in [0.1, 0.15) is 0 Å². The summed E-state index contributed by atoms with van der Waals surface area (Å²) in [6.45, 7) is 9.63. The molecule has 1 rings (SSSR count). The van der Waals surface area contributed by atoms with E-state index in [-0.39, 0.29) is 0 Å². The standard InChI is InChI=1S/C15H27N3/c1-4-18(5-2)15-9-7-14(8-10-15)13-17-12-6-11-16-3/h7-10,16-17H,4-6,11-13H2,1-3H3. The quantitative estimate of drug-likeness (QED) is 0.657. The number of nitrogens with zero attached hydrogens (tertiary/aromatic N) is 1. The Hall–Kier alpha value is -1.06. The van der Waals surface area contributed by atoms with Gasteiger partial charge in [-0.1, -0.05) is 12.1 Å². The van der Waals surface area contributed by atoms with Crippen LogP contribution in [0.5, 0.6) is 0 Å². The van der Waals surface area contributed by atoms with Crippen LogP contribution in [0.25, 0.3) is 0 Å². The van der Waals surface area contributed by atoms with Gasteiger partial charge in [-0.15, -0.1) is 0 Å². The van der Waals surface area contributed by atoms with E-state index in [1.54, 1.807) is 0 Å². The molecule has 0 spiro atoms. The lowest BCUT2D eigenvalue weighted by Crippen LogP contribution is -2.22. The molecule has 0 aliphatic carbocycles. The molecule has 0 unspecified atom stereocenters. The molecular weight excluding hydrogens is 222 g/mol. The van der Waals surface area contributed by atoms with Crippen molar-refractivity contribution in [1.82, 2.24) is 10.6 Å². The third-order valence-corrected chi connectivity index (χ3v) is 3.17. The summed E-state index contributed by atoms with van der Waals surface area (Å²) in [5.74, 6) is 0. The lowest BCUT2D eigenvalue weighted by Gasteiger charge is -2.21. The zero-order valence-electron chi connectivity index (χ0n) is 12.0. The Bertz CT molecular complexity index is 304. The van der Waals surface area contributed by atoms with E-state index in [1.807, 2.05) is 7.05 Å². The average Bonchev–Trinajstić information content (AvgIpc) is 2.41. The fourth-order valence-electron chi connectivity index (χ4n) is 2.04. The Balaban J connectivity index is 2.35. The molecule has 0 aromatic heterocycles. The van der Waals surface area contributed by atoms with E-state index >= 15 is 0 Å². The number of rotatable bonds is 9. The third-order valence-electron chi connectivity index (χ3n) is 3.17. The highest BCUT2D eigenvalue weighted by atomic mass is 15.1. The average molecular weight is 249 g/mol. The van der Waals surface area contributed by atoms with Crippen molar-refractivity contribution in [2.75, 3.05) is 38.1 Å². The molecule has 0 heterocycles. The molecule has 18 heavy (non-hydrogen) atoms. The lowest BCUT2D eigenvalue weighted by atomic mass is 10.2. The summed E-state index contributed by atoms with van der Waals surface area (Å²) in [4.78, 5) is 2.37. The van der Waals surface area contributed by atoms with Crippen LogP contribution in [0.15, 0.2) is 24.3 Å². The van der Waals surface area contributed by atoms with Crippen LogP contribution in [0, 0.1) is 0 Å². The van der Waals surface area contributed by atoms with Crippen LogP contribution < -0.4 is 15.5 Å². The van der Waals surface area contributed by atoms with Crippen LogP contribution in [0.3, 0.4) is 0 Å². The van der Waals surface area contributed by atoms with Crippen molar-refractivity contribution >= 4 is 5.69 Å². The second-order valence-electron chi connectivity index (χ2n) is 4.47. The fourth-order valence-corrected chi connectivity index (χ4v) is 2.04. The van der Waals surface area contributed by atoms with Crippen LogP contribution in [0.2, 0.25) is 0 Å². The van der Waals surface area contributed by atoms with Gasteiger partial charge in [-0.2, -0.15) is 0 Å². The van der Waals surface area contributed by atoms with Gasteiger partial charge < -0.3 is 15.5 Å². The summed E-state index contributed by atoms with van der Waals surface area (Å²) in [6.07, 6.45) is 1.17. The highest BCUT2D eigenvalue weighted by Crippen LogP contribution is 2.14. The Kier molecular flexibility index (Phi) is 7.46. The van der Waals surface area contributed by atoms with Gasteiger partial charge >= 0.3 is 0 Å². The fraction of sp³-hybridized carbons (Fsp3) is 0.600. The summed E-state index contributed by atoms with van der Waals surface area (Å²) in [5, 5.41) is 6.61. The topological polar surface area (TPSA) is 27.3 Å². The van der Waals surface area contributed by atoms with E-state index in [9.17, 15) is 0 Å². The number of hydrogen-bond donors (Lipinski definition) is 2. The second-order valence-corrected chi connectivity index (χ2v) is 4.47. The van der Waals surface area contributed by atoms with E-state index < -0.39 is 0 Å². The number of anilines is 1. The zero-order chi connectivity index (χ0) is 13.2. The molecule has 0 saturated heterocycles. The normalized spacial score (nSPS) is 10.6. The largest absolute Gasteiger partial charge is 0.372 e. The minimum absolute atomic E-state index is 0.961. The molecular formula is C15H27N3. The minimum atomic E-state index is 0.961. The number of benzene rings is 1. The van der Waals surface area contributed by atoms with Crippen molar-refractivity contribution < 1.29 is 0 Å². The molecule has 3 heteroatoms. The molecule has 0 bridgehead atoms. The SMILES string of the molecule is CCN(CC)c1ccc(CNCCCNC)cc1. The van der Waals surface area contributed by atoms with Crippen molar-refractivity contribution in [2.45, 2.75) is 26.8 Å². The van der Waals surface area contributed by atoms with Gasteiger partial charge in [0.05, 0.1) is 0 Å². The van der Waals surface area contributed by atoms with Crippen molar-refractivity contribution in [3.63, 3.8) is 0 Å². The van der Waals surface area contributed by atoms with Crippen molar-refractivity contribution in [3.05, 3.63) is 29.8 Å². The van der Waals surface area contributed by atoms with E-state index in [0.717, 1.165) is 32.7 Å². The van der Waals surface area contributed by atoms with Crippen LogP contribution in [-0.4, -0.2) is 33.2 Å². The van der Waals surface area contributed by atoms with Gasteiger partial charge in [0.25, 0.3) is 0 Å². The highest BCUT2D eigenvalue weighted by Gasteiger charge is 2.00. The summed E-state index contributed by atoms with van der Waals surface area (Å²) in [5.41, 5.74) is 2.68. The highest BCUT2D eigenvalue weighted by molar-refractivity contribution is 5.47. The molecule has 0 saturated carbocycles. The van der Waals surface area contributed by atoms with Gasteiger partial charge in [-0.3, -0.25) is 0 Å². The summed E-state index contributed by atoms with van der Waals surface area (Å²) in [6, 6.07) is 8.88. The van der Waals surface area contributed by atoms with Gasteiger partial charge in [0, 0.05) is 25.3 Å². The first kappa shape index (κ1) is 15.0. The maximum Gasteiger partial charge on any atom is 0.0366 e. The van der Waals surface area contributed by atoms with Crippen molar-refractivity contribution in [2.24, 2.45) is 0 Å². The van der Waals surface area contributed by atoms with Crippen molar-refractivity contribution in [1.29, 1.82) is 0 Å². The second kappa shape index (κ2) is 8.95. The van der Waals surface area contributed by atoms with E-state index in [0.29, 0.717) is 0 Å². The first-order chi connectivity index (χ1) is 8.81. The molecule has 102 valence electrons. The maximum atomic E-state index is 3.46. The Morgan fingerprint density at radius 1 is 1.00 bits per heavy atom. The smallest absolute Gasteiger partial charge is 0.0366 e. The molecule has 2 N–H and O–H groups in total. The van der Waals surface area contributed by atoms with E-state index in [4.69, 9.17) is 0 Å². The lowest BCUT2D eigenvalue weighted by molar-refractivity contribution is 0.625. The molecule has 0 atom stereocenters. The van der Waals surface area contributed by atoms with Crippen molar-refractivity contribution in [3.8, 4) is 0 Å². The number of hydrogen-bond acceptors (Lipinski definition) is 3. The Morgan fingerprint density at radius 3 is 2.22 bits per heavy atom. The first-order valence-corrected chi connectivity index (χ1v) is 7.01. The summed E-state index contributed by atoms with van der Waals surface area (Å²) in [7, 11) is 1.99. The zero-order valence-corrected chi connectivity index (χ0v) is 12.0. The van der Waals surface area contributed by atoms with Gasteiger partial charge in [0.2, 0.25) is 0 Å². The van der Waals surface area contributed by atoms with E-state index in [1.165, 1.54) is 17.7 Å². The van der Waals surface area contributed by atoms with E-state index in [2.05, 4.69) is 53.6 Å². The van der Waals surface area contributed by atoms with Crippen LogP contribution in [0.1, 0.15) is 25.8 Å². The maximum absolute atomic E-state index is 3.46. The summed E-state index contributed by atoms with van der Waals surface area (Å²) >= 11 is 0. The van der Waals surface area contributed by atoms with Gasteiger partial charge in [-0.05, 0) is 58.1 Å². The minimum Gasteiger partial charge on any atom is -0.372 e. The molecule has 1 aromatic rings. The Labute approximate surface area is 112 Å². The summed E-state index contributed by atoms with van der Waals surface area (Å²) < 4.78 is 0. The molecule has 3 nitrogen and oxygen atoms in total. The van der Waals surface area contributed by atoms with Crippen LogP contribution in [0.4, 0.5) is 5.69 Å². The molecule has 0 aliphatic heterocycles. The van der Waals surface area contributed by atoms with Crippen LogP contribution >= 0.6 is 0 Å². The predicted octanol–water partition coefficient (Wildman–Crippen LogP) is 2.23. The molecule has 1 aromatic carbocycles. The third kappa shape index (κ3) is 5.07. The predicted molar refractivity (Wildman–Crippen MR) is 80.3 cm³/mol. The van der Waals surface area contributed by atoms with Gasteiger partial charge in [-0.25, -0.2) is 0 Å². The monoisotopic (exact) mass is 249 g/mol. The Morgan fingerprint density at radius 2 is 1.67 bits per heavy atom. The van der Waals surface area contributed by atoms with Crippen LogP contribution in [-0.2, 0) is 6.54 Å². The van der Waals surface area contributed by atoms with Gasteiger partial charge in [0.15, 0.2) is 0 Å². The number of nitrogens with one attached hydrogen (secondary N) is 2. The molecule has 0 amide bonds. The molecule has 0 fully saturated rings. The molecule has 0 radical (unpaired) electrons. The molecule has 0 aliphatic rings. The first-order valence-electron chi connectivity index (χ1n) is 7.01.